The normalized spacial score (nSPS) is 16.2. The second-order valence-corrected chi connectivity index (χ2v) is 5.79. The first kappa shape index (κ1) is 11.7. The summed E-state index contributed by atoms with van der Waals surface area (Å²) >= 11 is 1.74. The van der Waals surface area contributed by atoms with Crippen LogP contribution in [0.15, 0.2) is 12.6 Å². The lowest BCUT2D eigenvalue weighted by Gasteiger charge is -2.28. The van der Waals surface area contributed by atoms with E-state index in [1.807, 2.05) is 13.0 Å². The maximum absolute atomic E-state index is 4.66. The van der Waals surface area contributed by atoms with Crippen molar-refractivity contribution in [3.8, 4) is 0 Å². The molecule has 0 bridgehead atoms. The Morgan fingerprint density at radius 2 is 2.06 bits per heavy atom. The fraction of sp³-hybridized carbons (Fsp3) is 0.429. The summed E-state index contributed by atoms with van der Waals surface area (Å²) in [5.41, 5.74) is 1.06. The van der Waals surface area contributed by atoms with Crippen molar-refractivity contribution >= 4 is 33.4 Å². The van der Waals surface area contributed by atoms with E-state index in [0.29, 0.717) is 0 Å². The van der Waals surface area contributed by atoms with Crippen LogP contribution in [0.3, 0.4) is 0 Å². The fourth-order valence-corrected chi connectivity index (χ4v) is 3.43. The van der Waals surface area contributed by atoms with Gasteiger partial charge < -0.3 is 4.90 Å². The maximum atomic E-state index is 4.66. The molecule has 0 radical (unpaired) electrons. The minimum atomic E-state index is 0.858. The minimum Gasteiger partial charge on any atom is -0.355 e. The largest absolute Gasteiger partial charge is 0.355 e. The smallest absolute Gasteiger partial charge is 0.150 e. The van der Waals surface area contributed by atoms with Crippen molar-refractivity contribution in [2.24, 2.45) is 0 Å². The molecule has 0 saturated carbocycles. The first-order valence-electron chi connectivity index (χ1n) is 6.43. The molecule has 1 aliphatic heterocycles. The van der Waals surface area contributed by atoms with Crippen LogP contribution in [-0.4, -0.2) is 23.1 Å². The van der Waals surface area contributed by atoms with Crippen molar-refractivity contribution < 1.29 is 0 Å². The van der Waals surface area contributed by atoms with E-state index in [4.69, 9.17) is 0 Å². The predicted octanol–water partition coefficient (Wildman–Crippen LogP) is 3.63. The topological polar surface area (TPSA) is 29.0 Å². The summed E-state index contributed by atoms with van der Waals surface area (Å²) in [6.07, 6.45) is 5.77. The number of piperidine rings is 1. The average molecular weight is 259 g/mol. The van der Waals surface area contributed by atoms with E-state index in [1.165, 1.54) is 28.8 Å². The van der Waals surface area contributed by atoms with E-state index in [2.05, 4.69) is 27.5 Å². The Bertz CT molecular complexity index is 582. The highest BCUT2D eigenvalue weighted by molar-refractivity contribution is 7.20. The van der Waals surface area contributed by atoms with E-state index in [1.54, 1.807) is 11.3 Å². The first-order chi connectivity index (χ1) is 8.78. The molecule has 0 N–H and O–H groups in total. The van der Waals surface area contributed by atoms with Gasteiger partial charge in [-0.2, -0.15) is 0 Å². The molecule has 18 heavy (non-hydrogen) atoms. The number of aryl methyl sites for hydroxylation is 1. The van der Waals surface area contributed by atoms with Gasteiger partial charge in [0.15, 0.2) is 0 Å². The van der Waals surface area contributed by atoms with Gasteiger partial charge in [-0.1, -0.05) is 12.7 Å². The van der Waals surface area contributed by atoms with Crippen LogP contribution in [0.5, 0.6) is 0 Å². The van der Waals surface area contributed by atoms with E-state index in [-0.39, 0.29) is 0 Å². The third-order valence-corrected chi connectivity index (χ3v) is 4.46. The molecule has 94 valence electrons. The zero-order chi connectivity index (χ0) is 12.5. The second kappa shape index (κ2) is 4.69. The molecule has 3 rings (SSSR count). The second-order valence-electron chi connectivity index (χ2n) is 4.71. The number of rotatable bonds is 2. The first-order valence-corrected chi connectivity index (χ1v) is 7.25. The van der Waals surface area contributed by atoms with Crippen LogP contribution < -0.4 is 4.90 Å². The molecule has 0 atom stereocenters. The third-order valence-electron chi connectivity index (χ3n) is 3.34. The van der Waals surface area contributed by atoms with Gasteiger partial charge in [0, 0.05) is 18.0 Å². The third kappa shape index (κ3) is 2.01. The van der Waals surface area contributed by atoms with Crippen LogP contribution in [0.2, 0.25) is 0 Å². The van der Waals surface area contributed by atoms with Gasteiger partial charge in [-0.15, -0.1) is 11.3 Å². The van der Waals surface area contributed by atoms with Crippen molar-refractivity contribution in [1.29, 1.82) is 0 Å². The Kier molecular flexibility index (Phi) is 3.04. The standard InChI is InChI=1S/C14H17N3S/c1-3-11-9-12-13(18-11)14(16-10(2)15-12)17-7-5-4-6-8-17/h3,9H,1,4-8H2,2H3. The van der Waals surface area contributed by atoms with E-state index < -0.39 is 0 Å². The summed E-state index contributed by atoms with van der Waals surface area (Å²) in [4.78, 5) is 12.8. The van der Waals surface area contributed by atoms with Gasteiger partial charge in [-0.25, -0.2) is 9.97 Å². The number of fused-ring (bicyclic) bond motifs is 1. The zero-order valence-corrected chi connectivity index (χ0v) is 11.5. The Morgan fingerprint density at radius 3 is 2.78 bits per heavy atom. The summed E-state index contributed by atoms with van der Waals surface area (Å²) in [5.74, 6) is 1.98. The Balaban J connectivity index is 2.13. The van der Waals surface area contributed by atoms with Gasteiger partial charge in [0.2, 0.25) is 0 Å². The molecule has 0 unspecified atom stereocenters. The Morgan fingerprint density at radius 1 is 1.28 bits per heavy atom. The highest BCUT2D eigenvalue weighted by Gasteiger charge is 2.17. The fourth-order valence-electron chi connectivity index (χ4n) is 2.47. The SMILES string of the molecule is C=Cc1cc2nc(C)nc(N3CCCCC3)c2s1. The number of hydrogen-bond donors (Lipinski definition) is 0. The number of hydrogen-bond acceptors (Lipinski definition) is 4. The molecule has 3 nitrogen and oxygen atoms in total. The molecule has 1 fully saturated rings. The van der Waals surface area contributed by atoms with Gasteiger partial charge >= 0.3 is 0 Å². The summed E-state index contributed by atoms with van der Waals surface area (Å²) in [6.45, 7) is 8.05. The molecule has 2 aromatic heterocycles. The molecule has 1 aliphatic rings. The monoisotopic (exact) mass is 259 g/mol. The van der Waals surface area contributed by atoms with Crippen LogP contribution in [-0.2, 0) is 0 Å². The molecule has 0 spiro atoms. The molecule has 0 aliphatic carbocycles. The lowest BCUT2D eigenvalue weighted by molar-refractivity contribution is 0.574. The molecule has 3 heterocycles. The van der Waals surface area contributed by atoms with Crippen molar-refractivity contribution in [3.63, 3.8) is 0 Å². The summed E-state index contributed by atoms with van der Waals surface area (Å²) < 4.78 is 1.21. The van der Waals surface area contributed by atoms with Crippen LogP contribution in [0, 0.1) is 6.92 Å². The van der Waals surface area contributed by atoms with Gasteiger partial charge in [-0.3, -0.25) is 0 Å². The van der Waals surface area contributed by atoms with Crippen molar-refractivity contribution in [2.45, 2.75) is 26.2 Å². The molecular weight excluding hydrogens is 242 g/mol. The van der Waals surface area contributed by atoms with E-state index in [9.17, 15) is 0 Å². The highest BCUT2D eigenvalue weighted by atomic mass is 32.1. The van der Waals surface area contributed by atoms with E-state index >= 15 is 0 Å². The number of thiophene rings is 1. The average Bonchev–Trinajstić information content (AvgIpc) is 2.81. The van der Waals surface area contributed by atoms with Crippen LogP contribution in [0.25, 0.3) is 16.3 Å². The van der Waals surface area contributed by atoms with Crippen LogP contribution in [0.1, 0.15) is 30.0 Å². The molecule has 2 aromatic rings. The Hall–Kier alpha value is -1.42. The predicted molar refractivity (Wildman–Crippen MR) is 78.3 cm³/mol. The highest BCUT2D eigenvalue weighted by Crippen LogP contribution is 2.33. The number of aromatic nitrogens is 2. The lowest BCUT2D eigenvalue weighted by Crippen LogP contribution is -2.30. The van der Waals surface area contributed by atoms with Gasteiger partial charge in [0.1, 0.15) is 11.6 Å². The summed E-state index contributed by atoms with van der Waals surface area (Å²) in [7, 11) is 0. The minimum absolute atomic E-state index is 0.858. The number of nitrogens with zero attached hydrogens (tertiary/aromatic N) is 3. The van der Waals surface area contributed by atoms with Crippen molar-refractivity contribution in [2.75, 3.05) is 18.0 Å². The summed E-state index contributed by atoms with van der Waals surface area (Å²) in [5, 5.41) is 0. The van der Waals surface area contributed by atoms with E-state index in [0.717, 1.165) is 30.2 Å². The quantitative estimate of drug-likeness (QED) is 0.824. The van der Waals surface area contributed by atoms with Crippen LogP contribution >= 0.6 is 11.3 Å². The molecule has 4 heteroatoms. The zero-order valence-electron chi connectivity index (χ0n) is 10.6. The summed E-state index contributed by atoms with van der Waals surface area (Å²) in [6, 6.07) is 2.11. The van der Waals surface area contributed by atoms with Crippen molar-refractivity contribution in [1.82, 2.24) is 9.97 Å². The van der Waals surface area contributed by atoms with Gasteiger partial charge in [-0.05, 0) is 32.3 Å². The van der Waals surface area contributed by atoms with Gasteiger partial charge in [0.05, 0.1) is 10.2 Å². The lowest BCUT2D eigenvalue weighted by atomic mass is 10.1. The van der Waals surface area contributed by atoms with Crippen LogP contribution in [0.4, 0.5) is 5.82 Å². The maximum Gasteiger partial charge on any atom is 0.150 e. The molecule has 1 saturated heterocycles. The van der Waals surface area contributed by atoms with Crippen molar-refractivity contribution in [3.05, 3.63) is 23.3 Å². The molecule has 0 aromatic carbocycles. The number of anilines is 1. The molecular formula is C14H17N3S. The van der Waals surface area contributed by atoms with Gasteiger partial charge in [0.25, 0.3) is 0 Å². The molecule has 0 amide bonds. The Labute approximate surface area is 111 Å².